The van der Waals surface area contributed by atoms with Crippen LogP contribution in [0.25, 0.3) is 0 Å². The van der Waals surface area contributed by atoms with Gasteiger partial charge < -0.3 is 10.1 Å². The molecule has 0 bridgehead atoms. The summed E-state index contributed by atoms with van der Waals surface area (Å²) in [4.78, 5) is 25.0. The minimum Gasteiger partial charge on any atom is -0.450 e. The van der Waals surface area contributed by atoms with E-state index in [9.17, 15) is 9.59 Å². The van der Waals surface area contributed by atoms with Crippen LogP contribution in [-0.2, 0) is 9.53 Å². The van der Waals surface area contributed by atoms with E-state index >= 15 is 0 Å². The number of amides is 1. The molecule has 0 radical (unpaired) electrons. The molecular weight excluding hydrogens is 388 g/mol. The monoisotopic (exact) mass is 438 g/mol. The summed E-state index contributed by atoms with van der Waals surface area (Å²) >= 11 is 0. The van der Waals surface area contributed by atoms with Gasteiger partial charge in [-0.1, -0.05) is 116 Å². The fourth-order valence-electron chi connectivity index (χ4n) is 3.77. The molecule has 0 aliphatic rings. The van der Waals surface area contributed by atoms with Crippen LogP contribution in [0.1, 0.15) is 135 Å². The predicted molar refractivity (Wildman–Crippen MR) is 130 cm³/mol. The van der Waals surface area contributed by atoms with Crippen LogP contribution in [0.2, 0.25) is 0 Å². The number of hydrogen-bond donors (Lipinski definition) is 1. The Balaban J connectivity index is 3.14. The van der Waals surface area contributed by atoms with E-state index in [1.807, 2.05) is 0 Å². The van der Waals surface area contributed by atoms with Crippen LogP contribution in [0.15, 0.2) is 4.99 Å². The van der Waals surface area contributed by atoms with Gasteiger partial charge in [0, 0.05) is 6.54 Å². The van der Waals surface area contributed by atoms with Crippen molar-refractivity contribution in [2.75, 3.05) is 19.7 Å². The fraction of sp³-hybridized carbons (Fsp3) is 0.923. The van der Waals surface area contributed by atoms with Gasteiger partial charge in [0.2, 0.25) is 6.08 Å². The minimum atomic E-state index is -0.300. The zero-order valence-corrected chi connectivity index (χ0v) is 20.4. The summed E-state index contributed by atoms with van der Waals surface area (Å²) in [5.74, 6) is 0. The standard InChI is InChI=1S/C26H50N2O3/c1-2-3-4-5-6-7-8-9-10-11-12-13-14-15-18-21-24-31-26(30)28-23-20-17-16-19-22-27-25-29/h2-24H2,1H3,(H,28,30). The van der Waals surface area contributed by atoms with Gasteiger partial charge in [0.1, 0.15) is 0 Å². The number of alkyl carbamates (subject to hydrolysis) is 1. The van der Waals surface area contributed by atoms with Gasteiger partial charge in [0.15, 0.2) is 0 Å². The molecule has 0 aromatic rings. The first-order valence-electron chi connectivity index (χ1n) is 13.3. The van der Waals surface area contributed by atoms with E-state index in [2.05, 4.69) is 17.2 Å². The second kappa shape index (κ2) is 26.7. The summed E-state index contributed by atoms with van der Waals surface area (Å²) in [6, 6.07) is 0. The van der Waals surface area contributed by atoms with Crippen molar-refractivity contribution in [1.29, 1.82) is 0 Å². The van der Waals surface area contributed by atoms with Gasteiger partial charge in [0.25, 0.3) is 0 Å². The summed E-state index contributed by atoms with van der Waals surface area (Å²) in [7, 11) is 0. The molecule has 1 N–H and O–H groups in total. The summed E-state index contributed by atoms with van der Waals surface area (Å²) < 4.78 is 5.21. The molecule has 0 saturated carbocycles. The van der Waals surface area contributed by atoms with Crippen molar-refractivity contribution in [3.63, 3.8) is 0 Å². The van der Waals surface area contributed by atoms with Crippen LogP contribution in [0, 0.1) is 0 Å². The van der Waals surface area contributed by atoms with Crippen molar-refractivity contribution in [2.24, 2.45) is 4.99 Å². The van der Waals surface area contributed by atoms with E-state index in [0.29, 0.717) is 19.7 Å². The van der Waals surface area contributed by atoms with Crippen LogP contribution in [0.5, 0.6) is 0 Å². The van der Waals surface area contributed by atoms with Crippen molar-refractivity contribution < 1.29 is 14.3 Å². The summed E-state index contributed by atoms with van der Waals surface area (Å²) in [5.41, 5.74) is 0. The van der Waals surface area contributed by atoms with Gasteiger partial charge in [0.05, 0.1) is 13.2 Å². The average Bonchev–Trinajstić information content (AvgIpc) is 2.77. The van der Waals surface area contributed by atoms with Gasteiger partial charge >= 0.3 is 6.09 Å². The van der Waals surface area contributed by atoms with E-state index in [4.69, 9.17) is 4.74 Å². The molecule has 0 aromatic carbocycles. The lowest BCUT2D eigenvalue weighted by atomic mass is 10.0. The van der Waals surface area contributed by atoms with Crippen LogP contribution < -0.4 is 5.32 Å². The number of unbranched alkanes of at least 4 members (excludes halogenated alkanes) is 18. The SMILES string of the molecule is CCCCCCCCCCCCCCCCCCOC(=O)NCCCCCCN=C=O. The Morgan fingerprint density at radius 3 is 1.65 bits per heavy atom. The van der Waals surface area contributed by atoms with Crippen LogP contribution in [-0.4, -0.2) is 31.9 Å². The lowest BCUT2D eigenvalue weighted by Gasteiger charge is -2.07. The van der Waals surface area contributed by atoms with Crippen molar-refractivity contribution in [2.45, 2.75) is 135 Å². The Morgan fingerprint density at radius 1 is 0.677 bits per heavy atom. The minimum absolute atomic E-state index is 0.300. The van der Waals surface area contributed by atoms with Gasteiger partial charge in [-0.15, -0.1) is 0 Å². The first kappa shape index (κ1) is 29.7. The smallest absolute Gasteiger partial charge is 0.407 e. The number of ether oxygens (including phenoxy) is 1. The molecule has 0 atom stereocenters. The van der Waals surface area contributed by atoms with Crippen LogP contribution in [0.4, 0.5) is 4.79 Å². The molecule has 0 spiro atoms. The molecule has 0 saturated heterocycles. The van der Waals surface area contributed by atoms with Gasteiger partial charge in [-0.2, -0.15) is 0 Å². The number of aliphatic imine (C=N–C) groups is 1. The Morgan fingerprint density at radius 2 is 1.13 bits per heavy atom. The summed E-state index contributed by atoms with van der Waals surface area (Å²) in [6.45, 7) is 4.00. The Labute approximate surface area is 192 Å². The zero-order chi connectivity index (χ0) is 22.7. The molecule has 182 valence electrons. The fourth-order valence-corrected chi connectivity index (χ4v) is 3.77. The quantitative estimate of drug-likeness (QED) is 0.0946. The van der Waals surface area contributed by atoms with Crippen molar-refractivity contribution in [3.8, 4) is 0 Å². The number of carbonyl (C=O) groups excluding carboxylic acids is 2. The molecule has 0 rings (SSSR count). The third-order valence-corrected chi connectivity index (χ3v) is 5.76. The second-order valence-corrected chi connectivity index (χ2v) is 8.75. The summed E-state index contributed by atoms with van der Waals surface area (Å²) in [5, 5.41) is 2.79. The molecule has 0 unspecified atom stereocenters. The lowest BCUT2D eigenvalue weighted by molar-refractivity contribution is 0.143. The third-order valence-electron chi connectivity index (χ3n) is 5.76. The van der Waals surface area contributed by atoms with E-state index in [1.54, 1.807) is 6.08 Å². The molecule has 0 heterocycles. The number of nitrogens with one attached hydrogen (secondary N) is 1. The highest BCUT2D eigenvalue weighted by atomic mass is 16.5. The average molecular weight is 439 g/mol. The maximum absolute atomic E-state index is 11.6. The number of rotatable bonds is 24. The van der Waals surface area contributed by atoms with Gasteiger partial charge in [-0.25, -0.2) is 14.6 Å². The van der Waals surface area contributed by atoms with E-state index < -0.39 is 0 Å². The first-order chi connectivity index (χ1) is 15.3. The number of hydrogen-bond acceptors (Lipinski definition) is 4. The van der Waals surface area contributed by atoms with Crippen molar-refractivity contribution in [1.82, 2.24) is 5.32 Å². The van der Waals surface area contributed by atoms with Gasteiger partial charge in [-0.3, -0.25) is 0 Å². The Bertz CT molecular complexity index is 423. The van der Waals surface area contributed by atoms with E-state index in [1.165, 1.54) is 89.9 Å². The molecule has 5 heteroatoms. The molecule has 0 aliphatic carbocycles. The van der Waals surface area contributed by atoms with E-state index in [-0.39, 0.29) is 6.09 Å². The molecule has 0 aromatic heterocycles. The largest absolute Gasteiger partial charge is 0.450 e. The third kappa shape index (κ3) is 26.6. The highest BCUT2D eigenvalue weighted by Gasteiger charge is 2.01. The highest BCUT2D eigenvalue weighted by Crippen LogP contribution is 2.13. The molecule has 0 aliphatic heterocycles. The lowest BCUT2D eigenvalue weighted by Crippen LogP contribution is -2.25. The normalized spacial score (nSPS) is 10.6. The van der Waals surface area contributed by atoms with Crippen LogP contribution >= 0.6 is 0 Å². The zero-order valence-electron chi connectivity index (χ0n) is 20.4. The maximum Gasteiger partial charge on any atom is 0.407 e. The second-order valence-electron chi connectivity index (χ2n) is 8.75. The molecule has 0 fully saturated rings. The number of isocyanates is 1. The topological polar surface area (TPSA) is 67.8 Å². The Hall–Kier alpha value is -1.35. The Kier molecular flexibility index (Phi) is 25.5. The van der Waals surface area contributed by atoms with Crippen molar-refractivity contribution >= 4 is 12.2 Å². The van der Waals surface area contributed by atoms with Gasteiger partial charge in [-0.05, 0) is 19.3 Å². The first-order valence-corrected chi connectivity index (χ1v) is 13.3. The van der Waals surface area contributed by atoms with Crippen LogP contribution in [0.3, 0.4) is 0 Å². The molecule has 1 amide bonds. The maximum atomic E-state index is 11.6. The number of nitrogens with zero attached hydrogens (tertiary/aromatic N) is 1. The molecular formula is C26H50N2O3. The molecule has 31 heavy (non-hydrogen) atoms. The highest BCUT2D eigenvalue weighted by molar-refractivity contribution is 5.66. The number of carbonyl (C=O) groups is 1. The van der Waals surface area contributed by atoms with Crippen molar-refractivity contribution in [3.05, 3.63) is 0 Å². The summed E-state index contributed by atoms with van der Waals surface area (Å²) in [6.07, 6.45) is 26.6. The predicted octanol–water partition coefficient (Wildman–Crippen LogP) is 7.87. The van der Waals surface area contributed by atoms with E-state index in [0.717, 1.165) is 38.5 Å². The molecule has 5 nitrogen and oxygen atoms in total.